The normalized spacial score (nSPS) is 6.78. The summed E-state index contributed by atoms with van der Waals surface area (Å²) in [6, 6.07) is 0. The van der Waals surface area contributed by atoms with E-state index < -0.39 is 0 Å². The lowest BCUT2D eigenvalue weighted by Gasteiger charge is -1.99. The van der Waals surface area contributed by atoms with Crippen LogP contribution in [0.2, 0.25) is 0 Å². The Balaban J connectivity index is 3.64. The van der Waals surface area contributed by atoms with Crippen molar-refractivity contribution in [1.82, 2.24) is 4.90 Å². The molecule has 0 saturated carbocycles. The van der Waals surface area contributed by atoms with Gasteiger partial charge in [0.15, 0.2) is 0 Å². The van der Waals surface area contributed by atoms with Crippen molar-refractivity contribution >= 4 is 12.8 Å². The molecule has 0 unspecified atom stereocenters. The van der Waals surface area contributed by atoms with Crippen LogP contribution < -0.4 is 0 Å². The monoisotopic (exact) mass is 125 g/mol. The molecule has 3 nitrogen and oxygen atoms in total. The lowest BCUT2D eigenvalue weighted by molar-refractivity contribution is -0.128. The molecule has 0 aliphatic rings. The second-order valence-corrected chi connectivity index (χ2v) is 1.31. The van der Waals surface area contributed by atoms with Crippen LogP contribution in [0.5, 0.6) is 0 Å². The maximum absolute atomic E-state index is 9.87. The largest absolute Gasteiger partial charge is 0.278 e. The third-order valence-electron chi connectivity index (χ3n) is 0.709. The number of rotatable bonds is 3. The van der Waals surface area contributed by atoms with Crippen molar-refractivity contribution in [2.45, 2.75) is 6.92 Å². The molecule has 0 atom stereocenters. The minimum atomic E-state index is 0.184. The van der Waals surface area contributed by atoms with Gasteiger partial charge in [0.05, 0.1) is 6.54 Å². The third-order valence-corrected chi connectivity index (χ3v) is 0.709. The van der Waals surface area contributed by atoms with E-state index in [4.69, 9.17) is 0 Å². The Morgan fingerprint density at radius 2 is 2.00 bits per heavy atom. The Bertz CT molecular complexity index is 146. The Kier molecular flexibility index (Phi) is 4.15. The Morgan fingerprint density at radius 1 is 1.44 bits per heavy atom. The molecule has 0 bridgehead atoms. The predicted molar refractivity (Wildman–Crippen MR) is 32.3 cm³/mol. The van der Waals surface area contributed by atoms with E-state index in [9.17, 15) is 9.59 Å². The minimum Gasteiger partial charge on any atom is -0.278 e. The van der Waals surface area contributed by atoms with Crippen molar-refractivity contribution in [3.8, 4) is 11.8 Å². The highest BCUT2D eigenvalue weighted by Crippen LogP contribution is 1.70. The van der Waals surface area contributed by atoms with Crippen molar-refractivity contribution in [2.24, 2.45) is 0 Å². The molecule has 0 N–H and O–H groups in total. The van der Waals surface area contributed by atoms with Gasteiger partial charge in [-0.15, -0.1) is 5.92 Å². The molecule has 2 amide bonds. The fourth-order valence-electron chi connectivity index (χ4n) is 0.270. The lowest BCUT2D eigenvalue weighted by atomic mass is 10.5. The standard InChI is InChI=1S/C6H7NO2/c1-2-3-4-7(5-8)6-9/h5-6H,4H2,1H3. The van der Waals surface area contributed by atoms with Crippen molar-refractivity contribution in [3.05, 3.63) is 0 Å². The molecule has 0 rings (SSSR count). The van der Waals surface area contributed by atoms with E-state index in [0.717, 1.165) is 4.90 Å². The molecule has 0 spiro atoms. The van der Waals surface area contributed by atoms with E-state index >= 15 is 0 Å². The highest BCUT2D eigenvalue weighted by atomic mass is 16.2. The van der Waals surface area contributed by atoms with Gasteiger partial charge in [0.2, 0.25) is 12.8 Å². The highest BCUT2D eigenvalue weighted by molar-refractivity contribution is 5.68. The molecule has 3 heteroatoms. The minimum absolute atomic E-state index is 0.184. The number of carbonyl (C=O) groups excluding carboxylic acids is 2. The molecular weight excluding hydrogens is 118 g/mol. The van der Waals surface area contributed by atoms with E-state index in [-0.39, 0.29) is 6.54 Å². The summed E-state index contributed by atoms with van der Waals surface area (Å²) in [6.07, 6.45) is 0.884. The number of hydrogen-bond donors (Lipinski definition) is 0. The molecule has 0 radical (unpaired) electrons. The van der Waals surface area contributed by atoms with Gasteiger partial charge in [-0.25, -0.2) is 0 Å². The van der Waals surface area contributed by atoms with Crippen LogP contribution in [0.3, 0.4) is 0 Å². The number of amides is 2. The molecule has 0 saturated heterocycles. The zero-order valence-corrected chi connectivity index (χ0v) is 5.13. The molecule has 0 aromatic carbocycles. The predicted octanol–water partition coefficient (Wildman–Crippen LogP) is -0.375. The number of hydrogen-bond acceptors (Lipinski definition) is 2. The Labute approximate surface area is 53.6 Å². The fourth-order valence-corrected chi connectivity index (χ4v) is 0.270. The van der Waals surface area contributed by atoms with Gasteiger partial charge in [0, 0.05) is 0 Å². The quantitative estimate of drug-likeness (QED) is 0.381. The molecule has 0 aromatic rings. The highest BCUT2D eigenvalue weighted by Gasteiger charge is 1.91. The van der Waals surface area contributed by atoms with Gasteiger partial charge in [-0.3, -0.25) is 14.5 Å². The zero-order valence-electron chi connectivity index (χ0n) is 5.13. The maximum atomic E-state index is 9.87. The van der Waals surface area contributed by atoms with E-state index in [1.807, 2.05) is 0 Å². The maximum Gasteiger partial charge on any atom is 0.216 e. The summed E-state index contributed by atoms with van der Waals surface area (Å²) in [5.41, 5.74) is 0. The second-order valence-electron chi connectivity index (χ2n) is 1.31. The summed E-state index contributed by atoms with van der Waals surface area (Å²) in [6.45, 7) is 1.83. The van der Waals surface area contributed by atoms with Crippen LogP contribution >= 0.6 is 0 Å². The fraction of sp³-hybridized carbons (Fsp3) is 0.333. The van der Waals surface area contributed by atoms with Crippen LogP contribution in [0.4, 0.5) is 0 Å². The van der Waals surface area contributed by atoms with Gasteiger partial charge in [-0.05, 0) is 6.92 Å². The lowest BCUT2D eigenvalue weighted by Crippen LogP contribution is -2.19. The van der Waals surface area contributed by atoms with E-state index in [2.05, 4.69) is 11.8 Å². The van der Waals surface area contributed by atoms with Crippen LogP contribution in [-0.2, 0) is 9.59 Å². The summed E-state index contributed by atoms with van der Waals surface area (Å²) in [5.74, 6) is 5.12. The molecule has 0 fully saturated rings. The first-order valence-corrected chi connectivity index (χ1v) is 2.41. The summed E-state index contributed by atoms with van der Waals surface area (Å²) in [5, 5.41) is 0. The van der Waals surface area contributed by atoms with E-state index in [1.54, 1.807) is 6.92 Å². The van der Waals surface area contributed by atoms with Crippen molar-refractivity contribution < 1.29 is 9.59 Å². The zero-order chi connectivity index (χ0) is 7.11. The van der Waals surface area contributed by atoms with Crippen LogP contribution in [0.25, 0.3) is 0 Å². The van der Waals surface area contributed by atoms with Crippen molar-refractivity contribution in [3.63, 3.8) is 0 Å². The summed E-state index contributed by atoms with van der Waals surface area (Å²) in [7, 11) is 0. The van der Waals surface area contributed by atoms with Gasteiger partial charge in [-0.2, -0.15) is 0 Å². The van der Waals surface area contributed by atoms with Gasteiger partial charge >= 0.3 is 0 Å². The Hall–Kier alpha value is -1.30. The van der Waals surface area contributed by atoms with Gasteiger partial charge in [0.25, 0.3) is 0 Å². The van der Waals surface area contributed by atoms with Gasteiger partial charge < -0.3 is 0 Å². The van der Waals surface area contributed by atoms with Crippen LogP contribution in [-0.4, -0.2) is 24.3 Å². The average molecular weight is 125 g/mol. The summed E-state index contributed by atoms with van der Waals surface area (Å²) < 4.78 is 0. The third kappa shape index (κ3) is 3.30. The van der Waals surface area contributed by atoms with E-state index in [1.165, 1.54) is 0 Å². The molecule has 0 aliphatic heterocycles. The topological polar surface area (TPSA) is 37.4 Å². The van der Waals surface area contributed by atoms with Crippen LogP contribution in [0.1, 0.15) is 6.92 Å². The number of imide groups is 1. The molecule has 0 aliphatic carbocycles. The number of nitrogens with zero attached hydrogens (tertiary/aromatic N) is 1. The van der Waals surface area contributed by atoms with Crippen molar-refractivity contribution in [1.29, 1.82) is 0 Å². The Morgan fingerprint density at radius 3 is 2.33 bits per heavy atom. The first-order valence-electron chi connectivity index (χ1n) is 2.41. The molecule has 9 heavy (non-hydrogen) atoms. The second kappa shape index (κ2) is 4.85. The van der Waals surface area contributed by atoms with Crippen LogP contribution in [0, 0.1) is 11.8 Å². The summed E-state index contributed by atoms with van der Waals surface area (Å²) in [4.78, 5) is 20.7. The van der Waals surface area contributed by atoms with Gasteiger partial charge in [-0.1, -0.05) is 5.92 Å². The van der Waals surface area contributed by atoms with Gasteiger partial charge in [0.1, 0.15) is 0 Å². The SMILES string of the molecule is CC#CCN(C=O)C=O. The first kappa shape index (κ1) is 7.70. The molecule has 0 heterocycles. The smallest absolute Gasteiger partial charge is 0.216 e. The van der Waals surface area contributed by atoms with Crippen LogP contribution in [0.15, 0.2) is 0 Å². The molecule has 0 aromatic heterocycles. The number of carbonyl (C=O) groups is 2. The first-order chi connectivity index (χ1) is 4.35. The van der Waals surface area contributed by atoms with Crippen molar-refractivity contribution in [2.75, 3.05) is 6.54 Å². The van der Waals surface area contributed by atoms with E-state index in [0.29, 0.717) is 12.8 Å². The average Bonchev–Trinajstić information content (AvgIpc) is 1.91. The molecular formula is C6H7NO2. The molecule has 48 valence electrons. The summed E-state index contributed by atoms with van der Waals surface area (Å²) >= 11 is 0.